The largest absolute Gasteiger partial charge is 0.444 e. The van der Waals surface area contributed by atoms with E-state index in [-0.39, 0.29) is 23.9 Å². The lowest BCUT2D eigenvalue weighted by atomic mass is 9.91. The van der Waals surface area contributed by atoms with Gasteiger partial charge in [0.1, 0.15) is 11.4 Å². The monoisotopic (exact) mass is 694 g/mol. The number of ether oxygens (including phenoxy) is 2. The lowest BCUT2D eigenvalue weighted by Crippen LogP contribution is -2.42. The van der Waals surface area contributed by atoms with Crippen LogP contribution in [-0.2, 0) is 20.5 Å². The molecule has 3 aromatic carbocycles. The van der Waals surface area contributed by atoms with Crippen molar-refractivity contribution in [3.63, 3.8) is 0 Å². The highest BCUT2D eigenvalue weighted by atomic mass is 32.2. The van der Waals surface area contributed by atoms with Gasteiger partial charge in [-0.1, -0.05) is 54.6 Å². The Labute approximate surface area is 292 Å². The molecule has 1 aliphatic rings. The van der Waals surface area contributed by atoms with E-state index in [4.69, 9.17) is 14.5 Å². The van der Waals surface area contributed by atoms with Gasteiger partial charge in [0.15, 0.2) is 0 Å². The van der Waals surface area contributed by atoms with Crippen LogP contribution in [0.15, 0.2) is 91.3 Å². The van der Waals surface area contributed by atoms with E-state index in [1.165, 1.54) is 0 Å². The summed E-state index contributed by atoms with van der Waals surface area (Å²) in [5.74, 6) is 1.28. The number of carbonyl (C=O) groups excluding carboxylic acids is 1. The Bertz CT molecular complexity index is 2080. The van der Waals surface area contributed by atoms with Gasteiger partial charge in [0.05, 0.1) is 22.7 Å². The van der Waals surface area contributed by atoms with Crippen LogP contribution in [0.5, 0.6) is 11.6 Å². The highest BCUT2D eigenvalue weighted by Crippen LogP contribution is 2.39. The van der Waals surface area contributed by atoms with Crippen molar-refractivity contribution in [3.8, 4) is 22.9 Å². The second kappa shape index (κ2) is 14.7. The normalized spacial score (nSPS) is 16.4. The second-order valence-electron chi connectivity index (χ2n) is 13.5. The Morgan fingerprint density at radius 1 is 0.840 bits per heavy atom. The first-order valence-corrected chi connectivity index (χ1v) is 18.4. The van der Waals surface area contributed by atoms with Crippen LogP contribution < -0.4 is 20.1 Å². The maximum Gasteiger partial charge on any atom is 0.407 e. The topological polar surface area (TPSA) is 144 Å². The number of hydrogen-bond donors (Lipinski definition) is 3. The molecule has 0 atom stereocenters. The number of anilines is 2. The third-order valence-corrected chi connectivity index (χ3v) is 9.60. The molecule has 12 heteroatoms. The molecule has 0 saturated heterocycles. The first-order chi connectivity index (χ1) is 23.9. The number of benzene rings is 3. The molecule has 0 bridgehead atoms. The minimum Gasteiger partial charge on any atom is -0.444 e. The molecule has 1 fully saturated rings. The fourth-order valence-corrected chi connectivity index (χ4v) is 7.26. The van der Waals surface area contributed by atoms with Crippen LogP contribution in [0.2, 0.25) is 0 Å². The number of nitrogens with one attached hydrogen (secondary N) is 3. The molecule has 1 saturated carbocycles. The SMILES string of the molecule is Cc1ccc2c(NS(=O)(=O)Cc3ccccc3)cccc2c1Oc1ncccc1-c1ccnc(N[C@H]2CC[C@H](NC(=O)OC(C)(C)C)CC2)n1. The molecule has 3 N–H and O–H groups in total. The number of nitrogens with zero attached hydrogens (tertiary/aromatic N) is 3. The molecule has 260 valence electrons. The maximum absolute atomic E-state index is 13.1. The van der Waals surface area contributed by atoms with Gasteiger partial charge in [0.25, 0.3) is 0 Å². The van der Waals surface area contributed by atoms with Crippen LogP contribution in [0.3, 0.4) is 0 Å². The Balaban J connectivity index is 1.18. The number of pyridine rings is 1. The number of aryl methyl sites for hydroxylation is 1. The summed E-state index contributed by atoms with van der Waals surface area (Å²) < 4.78 is 40.9. The third kappa shape index (κ3) is 8.86. The van der Waals surface area contributed by atoms with E-state index in [0.29, 0.717) is 45.5 Å². The van der Waals surface area contributed by atoms with Crippen LogP contribution in [0.4, 0.5) is 16.4 Å². The van der Waals surface area contributed by atoms with Crippen molar-refractivity contribution in [3.05, 3.63) is 102 Å². The predicted octanol–water partition coefficient (Wildman–Crippen LogP) is 7.98. The zero-order valence-corrected chi connectivity index (χ0v) is 29.5. The minimum atomic E-state index is -3.68. The summed E-state index contributed by atoms with van der Waals surface area (Å²) in [5, 5.41) is 7.88. The van der Waals surface area contributed by atoms with Crippen molar-refractivity contribution < 1.29 is 22.7 Å². The van der Waals surface area contributed by atoms with E-state index in [1.807, 2.05) is 82.3 Å². The molecule has 0 aliphatic heterocycles. The van der Waals surface area contributed by atoms with E-state index in [1.54, 1.807) is 36.7 Å². The summed E-state index contributed by atoms with van der Waals surface area (Å²) in [5.41, 5.74) is 2.81. The molecule has 2 aromatic heterocycles. The van der Waals surface area contributed by atoms with Crippen molar-refractivity contribution in [2.45, 2.75) is 76.8 Å². The van der Waals surface area contributed by atoms with E-state index in [0.717, 1.165) is 36.6 Å². The molecule has 1 aliphatic carbocycles. The smallest absolute Gasteiger partial charge is 0.407 e. The van der Waals surface area contributed by atoms with E-state index in [2.05, 4.69) is 25.3 Å². The van der Waals surface area contributed by atoms with Crippen molar-refractivity contribution >= 4 is 38.5 Å². The van der Waals surface area contributed by atoms with E-state index < -0.39 is 15.6 Å². The summed E-state index contributed by atoms with van der Waals surface area (Å²) in [6.45, 7) is 7.50. The summed E-state index contributed by atoms with van der Waals surface area (Å²) >= 11 is 0. The summed E-state index contributed by atoms with van der Waals surface area (Å²) in [6.07, 6.45) is 6.30. The lowest BCUT2D eigenvalue weighted by Gasteiger charge is -2.30. The van der Waals surface area contributed by atoms with Crippen molar-refractivity contribution in [1.82, 2.24) is 20.3 Å². The Morgan fingerprint density at radius 2 is 1.60 bits per heavy atom. The average molecular weight is 695 g/mol. The highest BCUT2D eigenvalue weighted by molar-refractivity contribution is 7.91. The Kier molecular flexibility index (Phi) is 10.2. The first-order valence-electron chi connectivity index (χ1n) is 16.7. The van der Waals surface area contributed by atoms with Crippen molar-refractivity contribution in [1.29, 1.82) is 0 Å². The van der Waals surface area contributed by atoms with Crippen LogP contribution in [0, 0.1) is 6.92 Å². The average Bonchev–Trinajstić information content (AvgIpc) is 3.06. The standard InChI is InChI=1S/C38H42N6O5S/c1-25-15-20-29-30(12-8-14-33(29)44-50(46,47)24-26-10-6-5-7-11-26)34(25)48-35-31(13-9-22-39-35)32-21-23-40-36(43-32)41-27-16-18-28(19-17-27)42-37(45)49-38(2,3)4/h5-15,20-23,27-28,44H,16-19,24H2,1-4H3,(H,42,45)(H,40,41,43)/t27-,28-. The number of fused-ring (bicyclic) bond motifs is 1. The third-order valence-electron chi connectivity index (χ3n) is 8.36. The van der Waals surface area contributed by atoms with Gasteiger partial charge in [-0.25, -0.2) is 28.2 Å². The van der Waals surface area contributed by atoms with Gasteiger partial charge in [-0.15, -0.1) is 0 Å². The number of alkyl carbamates (subject to hydrolysis) is 1. The molecule has 0 radical (unpaired) electrons. The summed E-state index contributed by atoms with van der Waals surface area (Å²) in [6, 6.07) is 24.1. The predicted molar refractivity (Wildman–Crippen MR) is 196 cm³/mol. The lowest BCUT2D eigenvalue weighted by molar-refractivity contribution is 0.0492. The zero-order chi connectivity index (χ0) is 35.3. The molecule has 0 unspecified atom stereocenters. The van der Waals surface area contributed by atoms with Crippen molar-refractivity contribution in [2.75, 3.05) is 10.0 Å². The molecular formula is C38H42N6O5S. The Morgan fingerprint density at radius 3 is 2.36 bits per heavy atom. The number of rotatable bonds is 10. The number of aromatic nitrogens is 3. The molecule has 50 heavy (non-hydrogen) atoms. The molecular weight excluding hydrogens is 653 g/mol. The van der Waals surface area contributed by atoms with Gasteiger partial charge in [-0.3, -0.25) is 4.72 Å². The van der Waals surface area contributed by atoms with Crippen LogP contribution in [0.25, 0.3) is 22.0 Å². The second-order valence-corrected chi connectivity index (χ2v) is 15.2. The van der Waals surface area contributed by atoms with E-state index >= 15 is 0 Å². The van der Waals surface area contributed by atoms with Gasteiger partial charge >= 0.3 is 6.09 Å². The molecule has 11 nitrogen and oxygen atoms in total. The van der Waals surface area contributed by atoms with Crippen molar-refractivity contribution in [2.24, 2.45) is 0 Å². The van der Waals surface area contributed by atoms with Crippen LogP contribution >= 0.6 is 0 Å². The van der Waals surface area contributed by atoms with E-state index in [9.17, 15) is 13.2 Å². The molecule has 6 rings (SSSR count). The summed E-state index contributed by atoms with van der Waals surface area (Å²) in [7, 11) is -3.68. The highest BCUT2D eigenvalue weighted by Gasteiger charge is 2.25. The molecule has 5 aromatic rings. The van der Waals surface area contributed by atoms with Gasteiger partial charge in [-0.05, 0) is 88.8 Å². The first kappa shape index (κ1) is 34.6. The van der Waals surface area contributed by atoms with Crippen LogP contribution in [0.1, 0.15) is 57.6 Å². The number of amides is 1. The van der Waals surface area contributed by atoms with Gasteiger partial charge < -0.3 is 20.1 Å². The number of carbonyl (C=O) groups is 1. The molecule has 2 heterocycles. The fraction of sp³-hybridized carbons (Fsp3) is 0.316. The van der Waals surface area contributed by atoms with Crippen LogP contribution in [-0.4, -0.2) is 47.1 Å². The van der Waals surface area contributed by atoms with Gasteiger partial charge in [0, 0.05) is 35.2 Å². The fourth-order valence-electron chi connectivity index (χ4n) is 6.04. The maximum atomic E-state index is 13.1. The number of sulfonamides is 1. The Hall–Kier alpha value is -5.23. The summed E-state index contributed by atoms with van der Waals surface area (Å²) in [4.78, 5) is 26.1. The van der Waals surface area contributed by atoms with Gasteiger partial charge in [0.2, 0.25) is 21.9 Å². The molecule has 1 amide bonds. The quantitative estimate of drug-likeness (QED) is 0.133. The minimum absolute atomic E-state index is 0.0633. The number of hydrogen-bond acceptors (Lipinski definition) is 9. The molecule has 0 spiro atoms. The zero-order valence-electron chi connectivity index (χ0n) is 28.6. The van der Waals surface area contributed by atoms with Gasteiger partial charge in [-0.2, -0.15) is 0 Å².